The Kier molecular flexibility index (Phi) is 11.3. The first-order chi connectivity index (χ1) is 24.6. The van der Waals surface area contributed by atoms with E-state index in [1.807, 2.05) is 72.8 Å². The highest BCUT2D eigenvalue weighted by molar-refractivity contribution is 5.99. The summed E-state index contributed by atoms with van der Waals surface area (Å²) in [5, 5.41) is 10.2. The molecule has 13 nitrogen and oxygen atoms in total. The van der Waals surface area contributed by atoms with Crippen LogP contribution in [0.3, 0.4) is 0 Å². The van der Waals surface area contributed by atoms with Gasteiger partial charge in [0.15, 0.2) is 5.82 Å². The third kappa shape index (κ3) is 9.14. The number of likely N-dealkylation sites (tertiary alicyclic amines) is 1. The number of hydrogen-bond donors (Lipinski definition) is 3. The number of amides is 4. The molecule has 3 atom stereocenters. The van der Waals surface area contributed by atoms with Gasteiger partial charge in [-0.3, -0.25) is 14.4 Å². The third-order valence-electron chi connectivity index (χ3n) is 8.77. The molecule has 0 bridgehead atoms. The fraction of sp³-hybridized carbons (Fsp3) is 0.385. The first-order valence-corrected chi connectivity index (χ1v) is 17.2. The second-order valence-electron chi connectivity index (χ2n) is 14.4. The highest BCUT2D eigenvalue weighted by Crippen LogP contribution is 2.28. The summed E-state index contributed by atoms with van der Waals surface area (Å²) in [6, 6.07) is 20.0. The number of esters is 1. The van der Waals surface area contributed by atoms with Crippen molar-refractivity contribution in [3.8, 4) is 0 Å². The van der Waals surface area contributed by atoms with E-state index in [4.69, 9.17) is 9.47 Å². The van der Waals surface area contributed by atoms with Crippen molar-refractivity contribution in [2.24, 2.45) is 0 Å². The molecule has 5 rings (SSSR count). The number of alkyl carbamates (subject to hydrolysis) is 1. The molecule has 4 aromatic rings. The predicted octanol–water partition coefficient (Wildman–Crippen LogP) is 4.76. The van der Waals surface area contributed by atoms with Crippen LogP contribution in [0.5, 0.6) is 0 Å². The molecular weight excluding hydrogens is 664 g/mol. The molecule has 3 N–H and O–H groups in total. The minimum absolute atomic E-state index is 0.126. The van der Waals surface area contributed by atoms with Crippen LogP contribution in [0.1, 0.15) is 64.6 Å². The number of carbonyl (C=O) groups is 5. The average Bonchev–Trinajstić information content (AvgIpc) is 3.77. The minimum Gasteiger partial charge on any atom is -0.467 e. The molecule has 4 amide bonds. The van der Waals surface area contributed by atoms with Gasteiger partial charge in [0.05, 0.1) is 13.4 Å². The molecular formula is C39H46N6O7. The van der Waals surface area contributed by atoms with E-state index in [1.54, 1.807) is 31.5 Å². The Morgan fingerprint density at radius 1 is 0.923 bits per heavy atom. The molecule has 1 fully saturated rings. The number of ether oxygens (including phenoxy) is 2. The topological polar surface area (TPSA) is 161 Å². The summed E-state index contributed by atoms with van der Waals surface area (Å²) in [5.41, 5.74) is -0.755. The maximum atomic E-state index is 14.1. The summed E-state index contributed by atoms with van der Waals surface area (Å²) in [6.07, 6.45) is 3.49. The highest BCUT2D eigenvalue weighted by Gasteiger charge is 2.39. The summed E-state index contributed by atoms with van der Waals surface area (Å²) < 4.78 is 11.9. The number of fused-ring (bicyclic) bond motifs is 1. The number of nitrogens with one attached hydrogen (secondary N) is 3. The molecule has 274 valence electrons. The quantitative estimate of drug-likeness (QED) is 0.188. The van der Waals surface area contributed by atoms with E-state index >= 15 is 0 Å². The van der Waals surface area contributed by atoms with Crippen LogP contribution in [0, 0.1) is 0 Å². The molecule has 1 saturated heterocycles. The summed E-state index contributed by atoms with van der Waals surface area (Å²) in [4.78, 5) is 72.7. The zero-order chi connectivity index (χ0) is 37.6. The molecule has 0 radical (unpaired) electrons. The number of methoxy groups -OCH3 is 1. The standard InChI is InChI=1S/C39H46N6O7/c1-38(2,3)52-37(50)43-39(4,5)36(49)41-29(22-25-18-19-26-13-10-11-16-28(26)21-25)33(46)42-31-23-44(24-40-31)32(27-14-8-7-9-15-27)34(47)45-20-12-17-30(45)35(48)51-6/h7-11,13-16,18-19,21,23-24,29-30,32H,12,17,20,22H2,1-6H3,(H,41,49)(H,42,46)(H,43,50)/t29?,30-,32?/m1/s1. The number of carbonyl (C=O) groups excluding carboxylic acids is 5. The minimum atomic E-state index is -1.44. The molecule has 3 aromatic carbocycles. The Labute approximate surface area is 303 Å². The zero-order valence-electron chi connectivity index (χ0n) is 30.3. The molecule has 0 aliphatic carbocycles. The lowest BCUT2D eigenvalue weighted by atomic mass is 9.99. The van der Waals surface area contributed by atoms with E-state index in [0.717, 1.165) is 16.3 Å². The number of rotatable bonds is 11. The lowest BCUT2D eigenvalue weighted by Crippen LogP contribution is -2.59. The maximum Gasteiger partial charge on any atom is 0.408 e. The summed E-state index contributed by atoms with van der Waals surface area (Å²) >= 11 is 0. The molecule has 1 aliphatic heterocycles. The first kappa shape index (κ1) is 37.5. The molecule has 13 heteroatoms. The molecule has 1 aliphatic rings. The monoisotopic (exact) mass is 710 g/mol. The van der Waals surface area contributed by atoms with Gasteiger partial charge in [-0.25, -0.2) is 14.6 Å². The maximum absolute atomic E-state index is 14.1. The van der Waals surface area contributed by atoms with E-state index in [-0.39, 0.29) is 18.1 Å². The van der Waals surface area contributed by atoms with E-state index in [0.29, 0.717) is 24.9 Å². The van der Waals surface area contributed by atoms with E-state index < -0.39 is 53.1 Å². The van der Waals surface area contributed by atoms with E-state index in [2.05, 4.69) is 20.9 Å². The van der Waals surface area contributed by atoms with Crippen LogP contribution in [0.15, 0.2) is 85.3 Å². The number of hydrogen-bond acceptors (Lipinski definition) is 8. The number of anilines is 1. The largest absolute Gasteiger partial charge is 0.467 e. The van der Waals surface area contributed by atoms with Crippen LogP contribution >= 0.6 is 0 Å². The smallest absolute Gasteiger partial charge is 0.408 e. The van der Waals surface area contributed by atoms with Crippen molar-refractivity contribution in [2.45, 2.75) is 83.1 Å². The van der Waals surface area contributed by atoms with Crippen molar-refractivity contribution < 1.29 is 33.4 Å². The summed E-state index contributed by atoms with van der Waals surface area (Å²) in [5.74, 6) is -1.80. The predicted molar refractivity (Wildman–Crippen MR) is 195 cm³/mol. The number of aromatic nitrogens is 2. The van der Waals surface area contributed by atoms with Crippen LogP contribution in [0.25, 0.3) is 10.8 Å². The van der Waals surface area contributed by atoms with Gasteiger partial charge in [0.1, 0.15) is 29.3 Å². The van der Waals surface area contributed by atoms with Gasteiger partial charge in [0.25, 0.3) is 5.91 Å². The van der Waals surface area contributed by atoms with Crippen molar-refractivity contribution in [1.29, 1.82) is 0 Å². The van der Waals surface area contributed by atoms with E-state index in [1.165, 1.54) is 32.2 Å². The van der Waals surface area contributed by atoms with Crippen LogP contribution in [-0.2, 0) is 35.1 Å². The average molecular weight is 711 g/mol. The number of nitrogens with zero attached hydrogens (tertiary/aromatic N) is 3. The van der Waals surface area contributed by atoms with Gasteiger partial charge in [-0.1, -0.05) is 72.8 Å². The van der Waals surface area contributed by atoms with Crippen molar-refractivity contribution >= 4 is 46.4 Å². The third-order valence-corrected chi connectivity index (χ3v) is 8.77. The SMILES string of the molecule is COC(=O)[C@H]1CCCN1C(=O)C(c1ccccc1)n1cnc(NC(=O)C(Cc2ccc3ccccc3c2)NC(=O)C(C)(C)NC(=O)OC(C)(C)C)c1. The van der Waals surface area contributed by atoms with Crippen molar-refractivity contribution in [3.63, 3.8) is 0 Å². The lowest BCUT2D eigenvalue weighted by molar-refractivity contribution is -0.151. The van der Waals surface area contributed by atoms with Crippen LogP contribution < -0.4 is 16.0 Å². The molecule has 1 aromatic heterocycles. The van der Waals surface area contributed by atoms with Gasteiger partial charge in [0, 0.05) is 19.2 Å². The van der Waals surface area contributed by atoms with Crippen molar-refractivity contribution in [2.75, 3.05) is 19.0 Å². The van der Waals surface area contributed by atoms with E-state index in [9.17, 15) is 24.0 Å². The first-order valence-electron chi connectivity index (χ1n) is 17.2. The molecule has 0 spiro atoms. The van der Waals surface area contributed by atoms with Crippen LogP contribution in [-0.4, -0.2) is 81.1 Å². The van der Waals surface area contributed by atoms with Crippen molar-refractivity contribution in [3.05, 3.63) is 96.4 Å². The van der Waals surface area contributed by atoms with Crippen molar-refractivity contribution in [1.82, 2.24) is 25.1 Å². The van der Waals surface area contributed by atoms with Gasteiger partial charge < -0.3 is 34.9 Å². The zero-order valence-corrected chi connectivity index (χ0v) is 30.3. The Hall–Kier alpha value is -5.72. The van der Waals surface area contributed by atoms with Gasteiger partial charge >= 0.3 is 12.1 Å². The Balaban J connectivity index is 1.40. The fourth-order valence-electron chi connectivity index (χ4n) is 6.17. The Bertz CT molecular complexity index is 1930. The van der Waals surface area contributed by atoms with Gasteiger partial charge in [0.2, 0.25) is 11.8 Å². The van der Waals surface area contributed by atoms with Gasteiger partial charge in [-0.15, -0.1) is 0 Å². The second-order valence-corrected chi connectivity index (χ2v) is 14.4. The highest BCUT2D eigenvalue weighted by atomic mass is 16.6. The van der Waals surface area contributed by atoms with Crippen LogP contribution in [0.2, 0.25) is 0 Å². The van der Waals surface area contributed by atoms with Crippen LogP contribution in [0.4, 0.5) is 10.6 Å². The fourth-order valence-corrected chi connectivity index (χ4v) is 6.17. The summed E-state index contributed by atoms with van der Waals surface area (Å²) in [6.45, 7) is 8.59. The second kappa shape index (κ2) is 15.7. The molecule has 0 saturated carbocycles. The number of imidazole rings is 1. The van der Waals surface area contributed by atoms with Gasteiger partial charge in [-0.2, -0.15) is 0 Å². The Morgan fingerprint density at radius 3 is 2.31 bits per heavy atom. The van der Waals surface area contributed by atoms with Gasteiger partial charge in [-0.05, 0) is 69.4 Å². The molecule has 2 unspecified atom stereocenters. The molecule has 2 heterocycles. The normalized spacial score (nSPS) is 15.7. The molecule has 52 heavy (non-hydrogen) atoms. The summed E-state index contributed by atoms with van der Waals surface area (Å²) in [7, 11) is 1.30. The Morgan fingerprint density at radius 2 is 1.62 bits per heavy atom. The number of benzene rings is 3. The lowest BCUT2D eigenvalue weighted by Gasteiger charge is -2.29.